The Hall–Kier alpha value is -3.20. The lowest BCUT2D eigenvalue weighted by atomic mass is 10.1. The van der Waals surface area contributed by atoms with Crippen molar-refractivity contribution in [1.82, 2.24) is 9.13 Å². The molecule has 9 heteroatoms. The van der Waals surface area contributed by atoms with Crippen LogP contribution in [0.15, 0.2) is 27.8 Å². The van der Waals surface area contributed by atoms with Crippen molar-refractivity contribution in [2.24, 2.45) is 7.05 Å². The zero-order chi connectivity index (χ0) is 22.6. The molecule has 0 radical (unpaired) electrons. The van der Waals surface area contributed by atoms with Crippen molar-refractivity contribution in [3.8, 4) is 0 Å². The highest BCUT2D eigenvalue weighted by molar-refractivity contribution is 6.00. The minimum atomic E-state index is -0.720. The normalized spacial score (nSPS) is 11.9. The summed E-state index contributed by atoms with van der Waals surface area (Å²) in [4.78, 5) is 50.5. The number of nitrogens with one attached hydrogen (secondary N) is 2. The summed E-state index contributed by atoms with van der Waals surface area (Å²) >= 11 is 0. The van der Waals surface area contributed by atoms with Crippen molar-refractivity contribution < 1.29 is 14.5 Å². The first-order chi connectivity index (χ1) is 14.1. The molecule has 2 rings (SSSR count). The van der Waals surface area contributed by atoms with Gasteiger partial charge in [-0.3, -0.25) is 23.5 Å². The molecule has 1 heterocycles. The van der Waals surface area contributed by atoms with Gasteiger partial charge in [0, 0.05) is 19.3 Å². The van der Waals surface area contributed by atoms with Crippen molar-refractivity contribution in [1.29, 1.82) is 0 Å². The van der Waals surface area contributed by atoms with Gasteiger partial charge in [-0.1, -0.05) is 19.1 Å². The lowest BCUT2D eigenvalue weighted by Crippen LogP contribution is -3.11. The summed E-state index contributed by atoms with van der Waals surface area (Å²) in [6.07, 6.45) is 0.625. The minimum Gasteiger partial charge on any atom is -0.384 e. The van der Waals surface area contributed by atoms with Crippen LogP contribution in [0, 0.1) is 13.8 Å². The Bertz CT molecular complexity index is 1080. The van der Waals surface area contributed by atoms with Gasteiger partial charge in [-0.05, 0) is 37.5 Å². The summed E-state index contributed by atoms with van der Waals surface area (Å²) in [5.74, 6) is -0.872. The Morgan fingerprint density at radius 3 is 2.47 bits per heavy atom. The van der Waals surface area contributed by atoms with Gasteiger partial charge in [0.05, 0.1) is 7.05 Å². The van der Waals surface area contributed by atoms with Crippen LogP contribution in [0.4, 0.5) is 11.5 Å². The van der Waals surface area contributed by atoms with Crippen LogP contribution >= 0.6 is 0 Å². The fourth-order valence-corrected chi connectivity index (χ4v) is 3.26. The highest BCUT2D eigenvalue weighted by Gasteiger charge is 2.24. The minimum absolute atomic E-state index is 0.0357. The Morgan fingerprint density at radius 2 is 1.83 bits per heavy atom. The summed E-state index contributed by atoms with van der Waals surface area (Å²) in [6, 6.07) is 5.65. The van der Waals surface area contributed by atoms with Gasteiger partial charge in [0.2, 0.25) is 5.78 Å². The van der Waals surface area contributed by atoms with Gasteiger partial charge in [-0.25, -0.2) is 4.79 Å². The van der Waals surface area contributed by atoms with Crippen molar-refractivity contribution >= 4 is 23.2 Å². The molecule has 0 aliphatic rings. The highest BCUT2D eigenvalue weighted by Crippen LogP contribution is 2.17. The smallest absolute Gasteiger partial charge is 0.332 e. The number of hydrogen-bond donors (Lipinski definition) is 3. The van der Waals surface area contributed by atoms with Crippen molar-refractivity contribution in [3.05, 3.63) is 55.7 Å². The maximum Gasteiger partial charge on any atom is 0.332 e. The van der Waals surface area contributed by atoms with Gasteiger partial charge in [0.1, 0.15) is 17.9 Å². The molecule has 1 aromatic carbocycles. The number of nitrogens with zero attached hydrogens (tertiary/aromatic N) is 2. The second kappa shape index (κ2) is 9.53. The van der Waals surface area contributed by atoms with Crippen LogP contribution in [-0.2, 0) is 18.4 Å². The monoisotopic (exact) mass is 416 g/mol. The standard InChI is InChI=1S/C21H29N5O4/c1-6-10-26-19(22)18(20(29)25(5)21(26)30)16(27)11-24(4)12-17(28)23-15-9-7-8-13(2)14(15)3/h7-9H,6,10-12,22H2,1-5H3,(H,23,28)/p+1. The third kappa shape index (κ3) is 4.85. The van der Waals surface area contributed by atoms with Crippen molar-refractivity contribution in [2.75, 3.05) is 31.2 Å². The number of Topliss-reactive ketones (excluding diaryl/α,β-unsaturated/α-hetero) is 1. The maximum atomic E-state index is 12.8. The molecule has 0 bridgehead atoms. The predicted molar refractivity (Wildman–Crippen MR) is 116 cm³/mol. The fourth-order valence-electron chi connectivity index (χ4n) is 3.26. The van der Waals surface area contributed by atoms with E-state index in [1.165, 1.54) is 11.6 Å². The number of anilines is 2. The third-order valence-electron chi connectivity index (χ3n) is 5.11. The number of likely N-dealkylation sites (N-methyl/N-ethyl adjacent to an activating group) is 1. The average Bonchev–Trinajstić information content (AvgIpc) is 2.67. The van der Waals surface area contributed by atoms with Gasteiger partial charge in [-0.15, -0.1) is 0 Å². The number of carbonyl (C=O) groups excluding carboxylic acids is 2. The molecule has 162 valence electrons. The van der Waals surface area contributed by atoms with Gasteiger partial charge in [-0.2, -0.15) is 0 Å². The van der Waals surface area contributed by atoms with E-state index in [1.807, 2.05) is 39.0 Å². The number of ketones is 1. The van der Waals surface area contributed by atoms with Crippen LogP contribution in [-0.4, -0.2) is 41.0 Å². The van der Waals surface area contributed by atoms with Gasteiger partial charge >= 0.3 is 5.69 Å². The molecule has 1 unspecified atom stereocenters. The topological polar surface area (TPSA) is 121 Å². The summed E-state index contributed by atoms with van der Waals surface area (Å²) in [5, 5.41) is 2.85. The molecule has 0 saturated heterocycles. The largest absolute Gasteiger partial charge is 0.384 e. The third-order valence-corrected chi connectivity index (χ3v) is 5.11. The summed E-state index contributed by atoms with van der Waals surface area (Å²) < 4.78 is 2.12. The fraction of sp³-hybridized carbons (Fsp3) is 0.429. The summed E-state index contributed by atoms with van der Waals surface area (Å²) in [5.41, 5.74) is 7.28. The van der Waals surface area contributed by atoms with Gasteiger partial charge in [0.15, 0.2) is 6.54 Å². The SMILES string of the molecule is CCCn1c(N)c(C(=O)C[NH+](C)CC(=O)Nc2cccc(C)c2C)c(=O)n(C)c1=O. The Labute approximate surface area is 175 Å². The number of rotatable bonds is 8. The summed E-state index contributed by atoms with van der Waals surface area (Å²) in [6.45, 7) is 5.99. The lowest BCUT2D eigenvalue weighted by molar-refractivity contribution is -0.861. The zero-order valence-corrected chi connectivity index (χ0v) is 18.2. The van der Waals surface area contributed by atoms with Crippen LogP contribution in [0.2, 0.25) is 0 Å². The van der Waals surface area contributed by atoms with Gasteiger partial charge in [0.25, 0.3) is 11.5 Å². The molecule has 30 heavy (non-hydrogen) atoms. The van der Waals surface area contributed by atoms with Crippen LogP contribution in [0.1, 0.15) is 34.8 Å². The Kier molecular flexibility index (Phi) is 7.33. The number of nitrogen functional groups attached to an aromatic ring is 1. The predicted octanol–water partition coefficient (Wildman–Crippen LogP) is -0.508. The Balaban J connectivity index is 2.16. The van der Waals surface area contributed by atoms with E-state index in [0.717, 1.165) is 21.4 Å². The van der Waals surface area contributed by atoms with Crippen LogP contribution in [0.3, 0.4) is 0 Å². The zero-order valence-electron chi connectivity index (χ0n) is 18.2. The number of aromatic nitrogens is 2. The molecule has 0 aliphatic carbocycles. The maximum absolute atomic E-state index is 12.8. The molecule has 0 saturated carbocycles. The molecule has 1 aromatic heterocycles. The average molecular weight is 417 g/mol. The first kappa shape index (κ1) is 23.1. The van der Waals surface area contributed by atoms with E-state index in [1.54, 1.807) is 7.05 Å². The molecular weight excluding hydrogens is 386 g/mol. The second-order valence-electron chi connectivity index (χ2n) is 7.59. The van der Waals surface area contributed by atoms with Crippen molar-refractivity contribution in [3.63, 3.8) is 0 Å². The van der Waals surface area contributed by atoms with Crippen LogP contribution in [0.25, 0.3) is 0 Å². The molecule has 2 aromatic rings. The molecule has 1 amide bonds. The van der Waals surface area contributed by atoms with E-state index in [4.69, 9.17) is 5.73 Å². The van der Waals surface area contributed by atoms with Crippen LogP contribution in [0.5, 0.6) is 0 Å². The summed E-state index contributed by atoms with van der Waals surface area (Å²) in [7, 11) is 3.00. The molecule has 9 nitrogen and oxygen atoms in total. The first-order valence-electron chi connectivity index (χ1n) is 9.88. The number of benzene rings is 1. The number of aryl methyl sites for hydroxylation is 1. The lowest BCUT2D eigenvalue weighted by Gasteiger charge is -2.16. The van der Waals surface area contributed by atoms with Crippen LogP contribution < -0.4 is 27.2 Å². The molecule has 0 spiro atoms. The van der Waals surface area contributed by atoms with Gasteiger partial charge < -0.3 is 16.0 Å². The highest BCUT2D eigenvalue weighted by atomic mass is 16.2. The van der Waals surface area contributed by atoms with E-state index in [9.17, 15) is 19.2 Å². The van der Waals surface area contributed by atoms with E-state index >= 15 is 0 Å². The number of amides is 1. The first-order valence-corrected chi connectivity index (χ1v) is 9.88. The molecular formula is C21H30N5O4+. The number of carbonyl (C=O) groups is 2. The van der Waals surface area contributed by atoms with E-state index < -0.39 is 17.0 Å². The molecule has 4 N–H and O–H groups in total. The quantitative estimate of drug-likeness (QED) is 0.501. The second-order valence-corrected chi connectivity index (χ2v) is 7.59. The Morgan fingerprint density at radius 1 is 1.17 bits per heavy atom. The number of hydrogen-bond acceptors (Lipinski definition) is 5. The molecule has 1 atom stereocenters. The van der Waals surface area contributed by atoms with Crippen molar-refractivity contribution in [2.45, 2.75) is 33.7 Å². The van der Waals surface area contributed by atoms with E-state index in [2.05, 4.69) is 5.32 Å². The molecule has 0 aliphatic heterocycles. The number of nitrogens with two attached hydrogens (primary N) is 1. The van der Waals surface area contributed by atoms with E-state index in [-0.39, 0.29) is 30.4 Å². The number of quaternary nitrogens is 1. The van der Waals surface area contributed by atoms with E-state index in [0.29, 0.717) is 17.9 Å². The molecule has 0 fully saturated rings.